The molecule has 0 unspecified atom stereocenters. The highest BCUT2D eigenvalue weighted by molar-refractivity contribution is 14.0. The van der Waals surface area contributed by atoms with Gasteiger partial charge in [-0.25, -0.2) is 12.8 Å². The van der Waals surface area contributed by atoms with E-state index >= 15 is 0 Å². The van der Waals surface area contributed by atoms with Gasteiger partial charge in [0.1, 0.15) is 5.82 Å². The number of halogens is 2. The van der Waals surface area contributed by atoms with E-state index in [4.69, 9.17) is 0 Å². The second kappa shape index (κ2) is 10.7. The third kappa shape index (κ3) is 7.46. The summed E-state index contributed by atoms with van der Waals surface area (Å²) in [7, 11) is -1.97. The summed E-state index contributed by atoms with van der Waals surface area (Å²) in [6.45, 7) is 2.41. The number of aryl methyl sites for hydroxylation is 1. The van der Waals surface area contributed by atoms with Gasteiger partial charge in [0.25, 0.3) is 0 Å². The van der Waals surface area contributed by atoms with Gasteiger partial charge in [0.05, 0.1) is 18.0 Å². The molecule has 0 saturated heterocycles. The van der Waals surface area contributed by atoms with Crippen molar-refractivity contribution in [2.75, 3.05) is 24.1 Å². The fourth-order valence-electron chi connectivity index (χ4n) is 2.00. The van der Waals surface area contributed by atoms with E-state index in [-0.39, 0.29) is 42.0 Å². The highest BCUT2D eigenvalue weighted by atomic mass is 127. The summed E-state index contributed by atoms with van der Waals surface area (Å²) in [4.78, 5) is 5.20. The smallest absolute Gasteiger partial charge is 0.234 e. The van der Waals surface area contributed by atoms with Crippen LogP contribution < -0.4 is 15.4 Å². The van der Waals surface area contributed by atoms with E-state index in [1.807, 2.05) is 17.5 Å². The second-order valence-electron chi connectivity index (χ2n) is 5.32. The molecule has 1 aromatic carbocycles. The summed E-state index contributed by atoms with van der Waals surface area (Å²) in [6, 6.07) is 8.19. The largest absolute Gasteiger partial charge is 0.355 e. The predicted molar refractivity (Wildman–Crippen MR) is 116 cm³/mol. The summed E-state index contributed by atoms with van der Waals surface area (Å²) in [5, 5.41) is 8.04. The van der Waals surface area contributed by atoms with Crippen molar-refractivity contribution in [2.24, 2.45) is 4.99 Å². The maximum Gasteiger partial charge on any atom is 0.234 e. The van der Waals surface area contributed by atoms with Crippen LogP contribution in [0.1, 0.15) is 10.4 Å². The molecule has 0 radical (unpaired) electrons. The molecule has 2 rings (SSSR count). The molecule has 0 spiro atoms. The normalized spacial score (nSPS) is 11.6. The standard InChI is InChI=1S/C16H21FN4O2S2.HI/c1-12-5-6-13(10-15(12)17)21-25(22,23)9-7-19-16(18-2)20-11-14-4-3-8-24-14;/h3-6,8,10,21H,7,9,11H2,1-2H3,(H2,18,19,20);1H. The zero-order valence-corrected chi connectivity index (χ0v) is 18.4. The molecule has 0 fully saturated rings. The first-order chi connectivity index (χ1) is 11.9. The van der Waals surface area contributed by atoms with E-state index in [0.29, 0.717) is 18.1 Å². The molecule has 26 heavy (non-hydrogen) atoms. The first kappa shape index (κ1) is 22.6. The lowest BCUT2D eigenvalue weighted by Gasteiger charge is -2.12. The van der Waals surface area contributed by atoms with Crippen molar-refractivity contribution >= 4 is 57.0 Å². The fraction of sp³-hybridized carbons (Fsp3) is 0.312. The van der Waals surface area contributed by atoms with Gasteiger partial charge >= 0.3 is 0 Å². The molecule has 2 aromatic rings. The van der Waals surface area contributed by atoms with Crippen LogP contribution in [0.2, 0.25) is 0 Å². The van der Waals surface area contributed by atoms with Gasteiger partial charge < -0.3 is 10.6 Å². The van der Waals surface area contributed by atoms with Gasteiger partial charge in [-0.2, -0.15) is 0 Å². The number of rotatable bonds is 7. The highest BCUT2D eigenvalue weighted by Gasteiger charge is 2.12. The quantitative estimate of drug-likeness (QED) is 0.303. The number of sulfonamides is 1. The van der Waals surface area contributed by atoms with Gasteiger partial charge in [0, 0.05) is 18.5 Å². The number of hydrogen-bond acceptors (Lipinski definition) is 4. The Bertz CT molecular complexity index is 827. The molecule has 0 bridgehead atoms. The third-order valence-electron chi connectivity index (χ3n) is 3.34. The summed E-state index contributed by atoms with van der Waals surface area (Å²) in [6.07, 6.45) is 0. The lowest BCUT2D eigenvalue weighted by Crippen LogP contribution is -2.39. The molecule has 144 valence electrons. The minimum Gasteiger partial charge on any atom is -0.355 e. The molecule has 3 N–H and O–H groups in total. The Morgan fingerprint density at radius 2 is 2.04 bits per heavy atom. The van der Waals surface area contributed by atoms with E-state index in [1.54, 1.807) is 25.3 Å². The molecule has 0 aliphatic rings. The van der Waals surface area contributed by atoms with Gasteiger partial charge in [-0.3, -0.25) is 9.71 Å². The van der Waals surface area contributed by atoms with Gasteiger partial charge in [-0.15, -0.1) is 35.3 Å². The third-order valence-corrected chi connectivity index (χ3v) is 5.51. The van der Waals surface area contributed by atoms with Crippen LogP contribution in [-0.4, -0.2) is 33.7 Å². The zero-order valence-electron chi connectivity index (χ0n) is 14.5. The number of anilines is 1. The van der Waals surface area contributed by atoms with Crippen molar-refractivity contribution in [3.63, 3.8) is 0 Å². The molecule has 1 heterocycles. The summed E-state index contributed by atoms with van der Waals surface area (Å²) in [5.74, 6) is -0.0937. The molecule has 1 aromatic heterocycles. The molecule has 0 atom stereocenters. The number of nitrogens with zero attached hydrogens (tertiary/aromatic N) is 1. The Morgan fingerprint density at radius 3 is 2.65 bits per heavy atom. The summed E-state index contributed by atoms with van der Waals surface area (Å²) < 4.78 is 40.0. The Kier molecular flexibility index (Phi) is 9.30. The molecule has 0 aliphatic carbocycles. The zero-order chi connectivity index (χ0) is 18.3. The predicted octanol–water partition coefficient (Wildman–Crippen LogP) is 2.92. The van der Waals surface area contributed by atoms with Gasteiger partial charge in [-0.05, 0) is 36.1 Å². The van der Waals surface area contributed by atoms with Gasteiger partial charge in [-0.1, -0.05) is 12.1 Å². The molecule has 6 nitrogen and oxygen atoms in total. The maximum absolute atomic E-state index is 13.5. The first-order valence-corrected chi connectivity index (χ1v) is 10.2. The molecule has 10 heteroatoms. The molecule has 0 aliphatic heterocycles. The van der Waals surface area contributed by atoms with Crippen LogP contribution in [0.3, 0.4) is 0 Å². The number of hydrogen-bond donors (Lipinski definition) is 3. The summed E-state index contributed by atoms with van der Waals surface area (Å²) >= 11 is 1.63. The Balaban J connectivity index is 0.00000338. The molecular formula is C16H22FIN4O2S2. The van der Waals surface area contributed by atoms with Crippen LogP contribution in [-0.2, 0) is 16.6 Å². The second-order valence-corrected chi connectivity index (χ2v) is 8.19. The molecule has 0 saturated carbocycles. The van der Waals surface area contributed by atoms with Crippen molar-refractivity contribution in [1.82, 2.24) is 10.6 Å². The Labute approximate surface area is 174 Å². The molecule has 0 amide bonds. The number of nitrogens with one attached hydrogen (secondary N) is 3. The van der Waals surface area contributed by atoms with E-state index in [1.165, 1.54) is 18.2 Å². The van der Waals surface area contributed by atoms with Crippen molar-refractivity contribution < 1.29 is 12.8 Å². The van der Waals surface area contributed by atoms with Crippen molar-refractivity contribution in [1.29, 1.82) is 0 Å². The minimum absolute atomic E-state index is 0. The summed E-state index contributed by atoms with van der Waals surface area (Å²) in [5.41, 5.74) is 0.675. The fourth-order valence-corrected chi connectivity index (χ4v) is 3.60. The first-order valence-electron chi connectivity index (χ1n) is 7.63. The Hall–Kier alpha value is -1.40. The van der Waals surface area contributed by atoms with Crippen LogP contribution in [0.15, 0.2) is 40.7 Å². The van der Waals surface area contributed by atoms with Gasteiger partial charge in [0.2, 0.25) is 10.0 Å². The van der Waals surface area contributed by atoms with E-state index in [9.17, 15) is 12.8 Å². The monoisotopic (exact) mass is 512 g/mol. The van der Waals surface area contributed by atoms with Crippen molar-refractivity contribution in [3.8, 4) is 0 Å². The van der Waals surface area contributed by atoms with Gasteiger partial charge in [0.15, 0.2) is 5.96 Å². The molecular weight excluding hydrogens is 490 g/mol. The maximum atomic E-state index is 13.5. The number of aliphatic imine (C=N–C) groups is 1. The lowest BCUT2D eigenvalue weighted by molar-refractivity contribution is 0.599. The highest BCUT2D eigenvalue weighted by Crippen LogP contribution is 2.14. The topological polar surface area (TPSA) is 82.6 Å². The SMILES string of the molecule is CN=C(NCCS(=O)(=O)Nc1ccc(C)c(F)c1)NCc1cccs1.I. The lowest BCUT2D eigenvalue weighted by atomic mass is 10.2. The number of thiophene rings is 1. The Morgan fingerprint density at radius 1 is 1.27 bits per heavy atom. The van der Waals surface area contributed by atoms with Crippen LogP contribution in [0.5, 0.6) is 0 Å². The van der Waals surface area contributed by atoms with Crippen LogP contribution in [0.25, 0.3) is 0 Å². The average molecular weight is 512 g/mol. The van der Waals surface area contributed by atoms with Crippen LogP contribution in [0.4, 0.5) is 10.1 Å². The minimum atomic E-state index is -3.59. The van der Waals surface area contributed by atoms with Crippen molar-refractivity contribution in [3.05, 3.63) is 52.0 Å². The number of benzene rings is 1. The van der Waals surface area contributed by atoms with E-state index in [2.05, 4.69) is 20.3 Å². The van der Waals surface area contributed by atoms with Crippen LogP contribution in [0, 0.1) is 12.7 Å². The average Bonchev–Trinajstić information content (AvgIpc) is 3.07. The van der Waals surface area contributed by atoms with Crippen molar-refractivity contribution in [2.45, 2.75) is 13.5 Å². The number of guanidine groups is 1. The van der Waals surface area contributed by atoms with E-state index < -0.39 is 15.8 Å². The van der Waals surface area contributed by atoms with Crippen LogP contribution >= 0.6 is 35.3 Å². The van der Waals surface area contributed by atoms with E-state index in [0.717, 1.165) is 4.88 Å².